The van der Waals surface area contributed by atoms with Crippen LogP contribution in [-0.4, -0.2) is 32.4 Å². The Hall–Kier alpha value is -1.46. The van der Waals surface area contributed by atoms with E-state index in [1.807, 2.05) is 25.4 Å². The largest absolute Gasteiger partial charge is 0.395 e. The Balaban J connectivity index is 2.00. The van der Waals surface area contributed by atoms with Gasteiger partial charge in [0.25, 0.3) is 0 Å². The van der Waals surface area contributed by atoms with Gasteiger partial charge in [0, 0.05) is 36.6 Å². The molecular weight excluding hydrogens is 240 g/mol. The van der Waals surface area contributed by atoms with Gasteiger partial charge in [-0.15, -0.1) is 0 Å². The maximum atomic E-state index is 9.33. The summed E-state index contributed by atoms with van der Waals surface area (Å²) in [4.78, 5) is 4.36. The van der Waals surface area contributed by atoms with E-state index in [4.69, 9.17) is 0 Å². The van der Waals surface area contributed by atoms with Gasteiger partial charge in [-0.3, -0.25) is 0 Å². The first-order valence-corrected chi connectivity index (χ1v) is 6.73. The number of fused-ring (bicyclic) bond motifs is 1. The molecule has 2 N–H and O–H groups in total. The van der Waals surface area contributed by atoms with E-state index < -0.39 is 0 Å². The molecular formula is C14H22N4O. The van der Waals surface area contributed by atoms with E-state index >= 15 is 0 Å². The van der Waals surface area contributed by atoms with Crippen LogP contribution in [0.4, 0.5) is 0 Å². The first-order chi connectivity index (χ1) is 9.08. The maximum Gasteiger partial charge on any atom is 0.155 e. The van der Waals surface area contributed by atoms with E-state index in [0.29, 0.717) is 12.5 Å². The van der Waals surface area contributed by atoms with E-state index in [1.165, 1.54) is 0 Å². The summed E-state index contributed by atoms with van der Waals surface area (Å²) in [5.41, 5.74) is 2.89. The monoisotopic (exact) mass is 262 g/mol. The van der Waals surface area contributed by atoms with Crippen LogP contribution in [0.5, 0.6) is 0 Å². The van der Waals surface area contributed by atoms with Crippen molar-refractivity contribution in [1.29, 1.82) is 0 Å². The Morgan fingerprint density at radius 1 is 1.42 bits per heavy atom. The van der Waals surface area contributed by atoms with Gasteiger partial charge in [-0.2, -0.15) is 5.10 Å². The quantitative estimate of drug-likeness (QED) is 0.829. The van der Waals surface area contributed by atoms with Crippen molar-refractivity contribution in [2.75, 3.05) is 6.61 Å². The number of aliphatic hydroxyl groups is 1. The Morgan fingerprint density at radius 2 is 2.21 bits per heavy atom. The smallest absolute Gasteiger partial charge is 0.155 e. The SMILES string of the molecule is Cc1cc2ncc(CNC(CO)CC(C)C)cn2n1. The number of rotatable bonds is 6. The van der Waals surface area contributed by atoms with Crippen molar-refractivity contribution >= 4 is 5.65 Å². The van der Waals surface area contributed by atoms with Gasteiger partial charge >= 0.3 is 0 Å². The lowest BCUT2D eigenvalue weighted by atomic mass is 10.0. The minimum Gasteiger partial charge on any atom is -0.395 e. The van der Waals surface area contributed by atoms with Crippen LogP contribution in [0, 0.1) is 12.8 Å². The van der Waals surface area contributed by atoms with Crippen LogP contribution in [-0.2, 0) is 6.54 Å². The first kappa shape index (κ1) is 14.0. The highest BCUT2D eigenvalue weighted by Gasteiger charge is 2.09. The second-order valence-electron chi connectivity index (χ2n) is 5.44. The van der Waals surface area contributed by atoms with E-state index in [1.54, 1.807) is 4.52 Å². The Kier molecular flexibility index (Phi) is 4.50. The van der Waals surface area contributed by atoms with Crippen molar-refractivity contribution in [3.63, 3.8) is 0 Å². The molecule has 0 saturated heterocycles. The molecule has 0 aromatic carbocycles. The molecule has 5 nitrogen and oxygen atoms in total. The fourth-order valence-corrected chi connectivity index (χ4v) is 2.18. The van der Waals surface area contributed by atoms with Crippen LogP contribution < -0.4 is 5.32 Å². The molecule has 2 aromatic rings. The summed E-state index contributed by atoms with van der Waals surface area (Å²) in [6.07, 6.45) is 4.80. The van der Waals surface area contributed by atoms with Gasteiger partial charge in [-0.1, -0.05) is 13.8 Å². The molecule has 0 radical (unpaired) electrons. The second kappa shape index (κ2) is 6.12. The molecule has 0 fully saturated rings. The van der Waals surface area contributed by atoms with E-state index in [9.17, 15) is 5.11 Å². The number of nitrogens with one attached hydrogen (secondary N) is 1. The minimum atomic E-state index is 0.134. The topological polar surface area (TPSA) is 62.5 Å². The molecule has 104 valence electrons. The minimum absolute atomic E-state index is 0.134. The highest BCUT2D eigenvalue weighted by molar-refractivity contribution is 5.38. The average Bonchev–Trinajstić information content (AvgIpc) is 2.73. The molecule has 0 spiro atoms. The Bertz CT molecular complexity index is 535. The predicted molar refractivity (Wildman–Crippen MR) is 74.9 cm³/mol. The zero-order chi connectivity index (χ0) is 13.8. The number of hydrogen-bond donors (Lipinski definition) is 2. The Morgan fingerprint density at radius 3 is 2.89 bits per heavy atom. The summed E-state index contributed by atoms with van der Waals surface area (Å²) >= 11 is 0. The third-order valence-electron chi connectivity index (χ3n) is 3.06. The fraction of sp³-hybridized carbons (Fsp3) is 0.571. The molecule has 0 aliphatic heterocycles. The first-order valence-electron chi connectivity index (χ1n) is 6.73. The van der Waals surface area contributed by atoms with E-state index in [-0.39, 0.29) is 12.6 Å². The summed E-state index contributed by atoms with van der Waals surface area (Å²) in [6.45, 7) is 7.13. The number of aliphatic hydroxyl groups excluding tert-OH is 1. The molecule has 2 rings (SSSR count). The normalized spacial score (nSPS) is 13.3. The van der Waals surface area contributed by atoms with Gasteiger partial charge in [-0.05, 0) is 19.3 Å². The lowest BCUT2D eigenvalue weighted by Crippen LogP contribution is -2.33. The van der Waals surface area contributed by atoms with Crippen molar-refractivity contribution in [1.82, 2.24) is 19.9 Å². The van der Waals surface area contributed by atoms with Crippen molar-refractivity contribution in [3.8, 4) is 0 Å². The van der Waals surface area contributed by atoms with E-state index in [0.717, 1.165) is 23.3 Å². The van der Waals surface area contributed by atoms with Crippen LogP contribution >= 0.6 is 0 Å². The number of aryl methyl sites for hydroxylation is 1. The summed E-state index contributed by atoms with van der Waals surface area (Å²) < 4.78 is 1.79. The van der Waals surface area contributed by atoms with Gasteiger partial charge in [0.15, 0.2) is 5.65 Å². The summed E-state index contributed by atoms with van der Waals surface area (Å²) in [6, 6.07) is 2.09. The van der Waals surface area contributed by atoms with Gasteiger partial charge < -0.3 is 10.4 Å². The van der Waals surface area contributed by atoms with Gasteiger partial charge in [0.2, 0.25) is 0 Å². The van der Waals surface area contributed by atoms with Crippen LogP contribution in [0.1, 0.15) is 31.5 Å². The predicted octanol–water partition coefficient (Wildman–Crippen LogP) is 1.53. The molecule has 0 bridgehead atoms. The number of hydrogen-bond acceptors (Lipinski definition) is 4. The molecule has 2 aromatic heterocycles. The molecule has 0 aliphatic rings. The van der Waals surface area contributed by atoms with Gasteiger partial charge in [0.05, 0.1) is 12.3 Å². The molecule has 2 heterocycles. The van der Waals surface area contributed by atoms with Crippen LogP contribution in [0.3, 0.4) is 0 Å². The summed E-state index contributed by atoms with van der Waals surface area (Å²) in [5, 5.41) is 17.0. The highest BCUT2D eigenvalue weighted by Crippen LogP contribution is 2.07. The fourth-order valence-electron chi connectivity index (χ4n) is 2.18. The number of nitrogens with zero attached hydrogens (tertiary/aromatic N) is 3. The van der Waals surface area contributed by atoms with Crippen molar-refractivity contribution in [3.05, 3.63) is 29.7 Å². The van der Waals surface area contributed by atoms with Crippen LogP contribution in [0.15, 0.2) is 18.5 Å². The second-order valence-corrected chi connectivity index (χ2v) is 5.44. The van der Waals surface area contributed by atoms with Crippen molar-refractivity contribution in [2.45, 2.75) is 39.8 Å². The van der Waals surface area contributed by atoms with Crippen molar-refractivity contribution in [2.24, 2.45) is 5.92 Å². The molecule has 1 unspecified atom stereocenters. The molecule has 0 amide bonds. The molecule has 5 heteroatoms. The zero-order valence-electron chi connectivity index (χ0n) is 11.8. The highest BCUT2D eigenvalue weighted by atomic mass is 16.3. The van der Waals surface area contributed by atoms with Crippen molar-refractivity contribution < 1.29 is 5.11 Å². The molecule has 19 heavy (non-hydrogen) atoms. The standard InChI is InChI=1S/C14H22N4O/c1-10(2)4-13(9-19)15-6-12-7-16-14-5-11(3)17-18(14)8-12/h5,7-8,10,13,15,19H,4,6,9H2,1-3H3. The van der Waals surface area contributed by atoms with Crippen LogP contribution in [0.25, 0.3) is 5.65 Å². The average molecular weight is 262 g/mol. The molecule has 0 saturated carbocycles. The molecule has 1 atom stereocenters. The van der Waals surface area contributed by atoms with E-state index in [2.05, 4.69) is 29.2 Å². The maximum absolute atomic E-state index is 9.33. The third-order valence-corrected chi connectivity index (χ3v) is 3.06. The Labute approximate surface area is 113 Å². The van der Waals surface area contributed by atoms with Gasteiger partial charge in [0.1, 0.15) is 0 Å². The van der Waals surface area contributed by atoms with Gasteiger partial charge in [-0.25, -0.2) is 9.50 Å². The summed E-state index contributed by atoms with van der Waals surface area (Å²) in [7, 11) is 0. The molecule has 0 aliphatic carbocycles. The lowest BCUT2D eigenvalue weighted by molar-refractivity contribution is 0.223. The summed E-state index contributed by atoms with van der Waals surface area (Å²) in [5.74, 6) is 0.569. The lowest BCUT2D eigenvalue weighted by Gasteiger charge is -2.18. The van der Waals surface area contributed by atoms with Crippen LogP contribution in [0.2, 0.25) is 0 Å². The third kappa shape index (κ3) is 3.75. The zero-order valence-corrected chi connectivity index (χ0v) is 11.8. The number of aromatic nitrogens is 3.